The first kappa shape index (κ1) is 17.1. The van der Waals surface area contributed by atoms with Crippen LogP contribution in [0, 0.1) is 0 Å². The summed E-state index contributed by atoms with van der Waals surface area (Å²) < 4.78 is 128. The van der Waals surface area contributed by atoms with Crippen LogP contribution < -0.4 is 0 Å². The zero-order valence-corrected chi connectivity index (χ0v) is 9.98. The van der Waals surface area contributed by atoms with Crippen molar-refractivity contribution in [2.75, 3.05) is 0 Å². The van der Waals surface area contributed by atoms with Gasteiger partial charge in [0.05, 0.1) is 21.2 Å². The van der Waals surface area contributed by atoms with Crippen molar-refractivity contribution in [3.8, 4) is 0 Å². The first-order valence-electron chi connectivity index (χ1n) is 3.14. The van der Waals surface area contributed by atoms with Crippen LogP contribution in [0.15, 0.2) is 0 Å². The molecule has 0 saturated carbocycles. The average Bonchev–Trinajstić information content (AvgIpc) is 1.98. The third-order valence-electron chi connectivity index (χ3n) is 1.42. The minimum Gasteiger partial charge on any atom is -0.212 e. The van der Waals surface area contributed by atoms with Gasteiger partial charge in [-0.2, -0.15) is 39.5 Å². The molecule has 0 amide bonds. The summed E-state index contributed by atoms with van der Waals surface area (Å²) in [4.78, 5) is 0. The van der Waals surface area contributed by atoms with Gasteiger partial charge in [0, 0.05) is 0 Å². The van der Waals surface area contributed by atoms with E-state index in [2.05, 4.69) is 0 Å². The van der Waals surface area contributed by atoms with Gasteiger partial charge in [0.25, 0.3) is 7.01 Å². The zero-order chi connectivity index (χ0) is 14.5. The van der Waals surface area contributed by atoms with Crippen LogP contribution in [0.4, 0.5) is 39.5 Å². The fourth-order valence-corrected chi connectivity index (χ4v) is 1.78. The molecule has 0 N–H and O–H groups in total. The molecule has 0 saturated heterocycles. The summed E-state index contributed by atoms with van der Waals surface area (Å²) in [5, 5.41) is -6.57. The van der Waals surface area contributed by atoms with E-state index in [0.29, 0.717) is 0 Å². The van der Waals surface area contributed by atoms with Crippen molar-refractivity contribution in [3.63, 3.8) is 0 Å². The monoisotopic (exact) mass is 410 g/mol. The Kier molecular flexibility index (Phi) is 4.04. The quantitative estimate of drug-likeness (QED) is 0.407. The topological polar surface area (TPSA) is 34.1 Å². The predicted molar refractivity (Wildman–Crippen MR) is 43.8 cm³/mol. The average molecular weight is 410 g/mol. The third-order valence-corrected chi connectivity index (χ3v) is 3.95. The Morgan fingerprint density at radius 2 is 1.00 bits per heavy atom. The van der Waals surface area contributed by atoms with Gasteiger partial charge in [0.15, 0.2) is 0 Å². The summed E-state index contributed by atoms with van der Waals surface area (Å²) in [6, 6.07) is 0. The first-order chi connectivity index (χ1) is 7.00. The second kappa shape index (κ2) is 4.03. The Balaban J connectivity index is 5.91. The molecule has 0 radical (unpaired) electrons. The number of hydrogen-bond acceptors (Lipinski definition) is 2. The molecule has 0 spiro atoms. The molecule has 0 aromatic carbocycles. The van der Waals surface area contributed by atoms with Crippen LogP contribution in [-0.2, 0) is 7.01 Å². The van der Waals surface area contributed by atoms with Crippen LogP contribution in [0.5, 0.6) is 0 Å². The molecule has 13 heteroatoms. The Morgan fingerprint density at radius 1 is 0.706 bits per heavy atom. The van der Waals surface area contributed by atoms with Crippen molar-refractivity contribution < 1.29 is 47.9 Å². The standard InChI is InChI=1S/C4F9IO2S/c5-1(6,3(9,10)11)2(7,8)4(12,13)17(14,15)16. The molecule has 2 nitrogen and oxygen atoms in total. The highest BCUT2D eigenvalue weighted by Crippen LogP contribution is 2.55. The molecular formula is C4F9IO2S. The fraction of sp³-hybridized carbons (Fsp3) is 1.00. The highest BCUT2D eigenvalue weighted by Gasteiger charge is 2.85. The van der Waals surface area contributed by atoms with Crippen LogP contribution in [-0.4, -0.2) is 31.7 Å². The van der Waals surface area contributed by atoms with Gasteiger partial charge in [0.2, 0.25) is 0 Å². The first-order valence-corrected chi connectivity index (χ1v) is 7.17. The van der Waals surface area contributed by atoms with Gasteiger partial charge < -0.3 is 0 Å². The van der Waals surface area contributed by atoms with Crippen LogP contribution in [0.1, 0.15) is 0 Å². The Hall–Kier alpha value is 0.0500. The van der Waals surface area contributed by atoms with E-state index in [1.165, 1.54) is 0 Å². The Morgan fingerprint density at radius 3 is 1.18 bits per heavy atom. The molecule has 0 unspecified atom stereocenters. The molecule has 0 heterocycles. The minimum absolute atomic E-state index is 0.346. The molecule has 0 rings (SSSR count). The summed E-state index contributed by atoms with van der Waals surface area (Å²) in [6.07, 6.45) is -7.03. The summed E-state index contributed by atoms with van der Waals surface area (Å²) in [6.45, 7) is 0. The van der Waals surface area contributed by atoms with Crippen molar-refractivity contribution in [1.29, 1.82) is 0 Å². The largest absolute Gasteiger partial charge is 0.460 e. The smallest absolute Gasteiger partial charge is 0.212 e. The lowest BCUT2D eigenvalue weighted by molar-refractivity contribution is -0.381. The van der Waals surface area contributed by atoms with E-state index in [-0.39, 0.29) is 21.2 Å². The van der Waals surface area contributed by atoms with Crippen molar-refractivity contribution in [2.45, 2.75) is 23.3 Å². The normalized spacial score (nSPS) is 16.1. The molecule has 0 aliphatic heterocycles. The highest BCUT2D eigenvalue weighted by molar-refractivity contribution is 14.2. The molecule has 0 aliphatic rings. The lowest BCUT2D eigenvalue weighted by Crippen LogP contribution is -2.62. The molecule has 0 aromatic rings. The Bertz CT molecular complexity index is 396. The maximum atomic E-state index is 12.4. The van der Waals surface area contributed by atoms with Crippen LogP contribution in [0.3, 0.4) is 0 Å². The molecule has 17 heavy (non-hydrogen) atoms. The highest BCUT2D eigenvalue weighted by atomic mass is 127. The van der Waals surface area contributed by atoms with Crippen LogP contribution in [0.25, 0.3) is 0 Å². The van der Waals surface area contributed by atoms with Gasteiger partial charge in [0.1, 0.15) is 0 Å². The number of rotatable bonds is 3. The van der Waals surface area contributed by atoms with E-state index in [1.807, 2.05) is 0 Å². The second-order valence-corrected chi connectivity index (χ2v) is 7.47. The Labute approximate surface area is 99.7 Å². The molecule has 104 valence electrons. The molecule has 0 bridgehead atoms. The van der Waals surface area contributed by atoms with Gasteiger partial charge in [-0.15, -0.1) is 0 Å². The van der Waals surface area contributed by atoms with E-state index < -0.39 is 30.3 Å². The predicted octanol–water partition coefficient (Wildman–Crippen LogP) is 3.18. The van der Waals surface area contributed by atoms with Crippen molar-refractivity contribution >= 4 is 28.2 Å². The van der Waals surface area contributed by atoms with E-state index >= 15 is 0 Å². The van der Waals surface area contributed by atoms with Crippen molar-refractivity contribution in [3.05, 3.63) is 0 Å². The van der Waals surface area contributed by atoms with E-state index in [0.717, 1.165) is 0 Å². The van der Waals surface area contributed by atoms with Gasteiger partial charge in [-0.05, 0) is 0 Å². The van der Waals surface area contributed by atoms with Gasteiger partial charge in [-0.3, -0.25) is 0 Å². The number of hydrogen-bond donors (Lipinski definition) is 0. The second-order valence-electron chi connectivity index (χ2n) is 2.60. The number of halogens is 10. The van der Waals surface area contributed by atoms with Gasteiger partial charge in [-0.25, -0.2) is 8.42 Å². The van der Waals surface area contributed by atoms with E-state index in [4.69, 9.17) is 0 Å². The summed E-state index contributed by atoms with van der Waals surface area (Å²) in [5.41, 5.74) is 0. The molecular weight excluding hydrogens is 410 g/mol. The molecule has 0 atom stereocenters. The van der Waals surface area contributed by atoms with E-state index in [9.17, 15) is 47.9 Å². The van der Waals surface area contributed by atoms with E-state index in [1.54, 1.807) is 0 Å². The fourth-order valence-electron chi connectivity index (χ4n) is 0.514. The summed E-state index contributed by atoms with van der Waals surface area (Å²) in [5.74, 6) is -14.3. The van der Waals surface area contributed by atoms with Gasteiger partial charge in [-0.1, -0.05) is 0 Å². The lowest BCUT2D eigenvalue weighted by Gasteiger charge is -2.31. The minimum atomic E-state index is -7.19. The SMILES string of the molecule is O=S(=O)(I)C(F)(F)C(F)(F)C(F)(F)C(F)(F)F. The molecule has 0 aromatic heterocycles. The molecule has 0 aliphatic carbocycles. The maximum Gasteiger partial charge on any atom is 0.460 e. The third kappa shape index (κ3) is 2.44. The summed E-state index contributed by atoms with van der Waals surface area (Å²) in [7, 11) is -6.20. The van der Waals surface area contributed by atoms with Crippen LogP contribution in [0.2, 0.25) is 0 Å². The lowest BCUT2D eigenvalue weighted by atomic mass is 10.1. The molecule has 0 fully saturated rings. The summed E-state index contributed by atoms with van der Waals surface area (Å²) >= 11 is -0.346. The number of alkyl halides is 9. The maximum absolute atomic E-state index is 12.4. The van der Waals surface area contributed by atoms with Gasteiger partial charge >= 0.3 is 23.3 Å². The van der Waals surface area contributed by atoms with Crippen LogP contribution >= 0.6 is 21.2 Å². The zero-order valence-electron chi connectivity index (χ0n) is 7.00. The van der Waals surface area contributed by atoms with Crippen molar-refractivity contribution in [2.24, 2.45) is 0 Å². The van der Waals surface area contributed by atoms with Crippen molar-refractivity contribution in [1.82, 2.24) is 0 Å².